The summed E-state index contributed by atoms with van der Waals surface area (Å²) in [7, 11) is 1.72. The number of hydrogen-bond donors (Lipinski definition) is 1. The van der Waals surface area contributed by atoms with Gasteiger partial charge in [-0.3, -0.25) is 0 Å². The third-order valence-corrected chi connectivity index (χ3v) is 5.16. The lowest BCUT2D eigenvalue weighted by atomic mass is 10.1. The van der Waals surface area contributed by atoms with Gasteiger partial charge in [-0.1, -0.05) is 19.9 Å². The minimum Gasteiger partial charge on any atom is -0.383 e. The number of thioether (sulfide) groups is 1. The maximum Gasteiger partial charge on any atom is 0.128 e. The van der Waals surface area contributed by atoms with Crippen molar-refractivity contribution in [1.29, 1.82) is 0 Å². The Kier molecular flexibility index (Phi) is 6.33. The van der Waals surface area contributed by atoms with Gasteiger partial charge in [0.25, 0.3) is 0 Å². The topological polar surface area (TPSA) is 37.4 Å². The lowest BCUT2D eigenvalue weighted by Gasteiger charge is -2.23. The standard InChI is InChI=1S/C16H27N3OS/c1-16(2)6-8-19(9-11-21-16)15-5-4-14(13-18-15)12-17-7-10-20-3/h4-5,13,17H,6-12H2,1-3H3. The Labute approximate surface area is 132 Å². The van der Waals surface area contributed by atoms with Gasteiger partial charge in [0.05, 0.1) is 6.61 Å². The summed E-state index contributed by atoms with van der Waals surface area (Å²) in [6.45, 7) is 9.32. The summed E-state index contributed by atoms with van der Waals surface area (Å²) in [4.78, 5) is 7.04. The number of nitrogens with zero attached hydrogens (tertiary/aromatic N) is 2. The number of rotatable bonds is 6. The molecular formula is C16H27N3OS. The Balaban J connectivity index is 1.86. The van der Waals surface area contributed by atoms with Crippen LogP contribution in [0.1, 0.15) is 25.8 Å². The molecule has 1 saturated heterocycles. The summed E-state index contributed by atoms with van der Waals surface area (Å²) in [5.74, 6) is 2.28. The van der Waals surface area contributed by atoms with Crippen molar-refractivity contribution in [1.82, 2.24) is 10.3 Å². The molecule has 1 N–H and O–H groups in total. The molecule has 0 amide bonds. The molecule has 1 aromatic rings. The molecule has 1 aliphatic heterocycles. The molecule has 1 aliphatic rings. The summed E-state index contributed by atoms with van der Waals surface area (Å²) in [6, 6.07) is 4.32. The van der Waals surface area contributed by atoms with Crippen LogP contribution in [-0.2, 0) is 11.3 Å². The second-order valence-electron chi connectivity index (χ2n) is 6.04. The summed E-state index contributed by atoms with van der Waals surface area (Å²) < 4.78 is 5.41. The molecule has 0 saturated carbocycles. The van der Waals surface area contributed by atoms with Crippen molar-refractivity contribution >= 4 is 17.6 Å². The Morgan fingerprint density at radius 1 is 1.38 bits per heavy atom. The predicted octanol–water partition coefficient (Wildman–Crippen LogP) is 2.54. The van der Waals surface area contributed by atoms with E-state index >= 15 is 0 Å². The molecule has 5 heteroatoms. The monoisotopic (exact) mass is 309 g/mol. The Morgan fingerprint density at radius 2 is 2.24 bits per heavy atom. The van der Waals surface area contributed by atoms with Crippen LogP contribution in [0.3, 0.4) is 0 Å². The van der Waals surface area contributed by atoms with Crippen molar-refractivity contribution in [3.8, 4) is 0 Å². The van der Waals surface area contributed by atoms with E-state index in [2.05, 4.69) is 52.9 Å². The van der Waals surface area contributed by atoms with Crippen LogP contribution in [0.15, 0.2) is 18.3 Å². The number of nitrogens with one attached hydrogen (secondary N) is 1. The highest BCUT2D eigenvalue weighted by Crippen LogP contribution is 2.31. The van der Waals surface area contributed by atoms with E-state index < -0.39 is 0 Å². The van der Waals surface area contributed by atoms with Gasteiger partial charge < -0.3 is 15.0 Å². The smallest absolute Gasteiger partial charge is 0.128 e. The van der Waals surface area contributed by atoms with Gasteiger partial charge in [-0.2, -0.15) is 11.8 Å². The minimum absolute atomic E-state index is 0.389. The second-order valence-corrected chi connectivity index (χ2v) is 7.84. The third-order valence-electron chi connectivity index (χ3n) is 3.78. The Morgan fingerprint density at radius 3 is 2.95 bits per heavy atom. The van der Waals surface area contributed by atoms with Crippen LogP contribution in [0, 0.1) is 0 Å². The Bertz CT molecular complexity index is 422. The third kappa shape index (κ3) is 5.49. The largest absolute Gasteiger partial charge is 0.383 e. The van der Waals surface area contributed by atoms with E-state index in [4.69, 9.17) is 4.74 Å². The number of ether oxygens (including phenoxy) is 1. The van der Waals surface area contributed by atoms with Crippen LogP contribution in [0.5, 0.6) is 0 Å². The Hall–Kier alpha value is -0.780. The predicted molar refractivity (Wildman–Crippen MR) is 91.2 cm³/mol. The molecule has 4 nitrogen and oxygen atoms in total. The van der Waals surface area contributed by atoms with Crippen molar-refractivity contribution in [3.63, 3.8) is 0 Å². The first kappa shape index (κ1) is 16.6. The molecule has 0 aromatic carbocycles. The van der Waals surface area contributed by atoms with Gasteiger partial charge in [0.15, 0.2) is 0 Å². The molecule has 2 heterocycles. The van der Waals surface area contributed by atoms with Gasteiger partial charge in [0.1, 0.15) is 5.82 Å². The summed E-state index contributed by atoms with van der Waals surface area (Å²) in [6.07, 6.45) is 3.19. The molecule has 0 spiro atoms. The van der Waals surface area contributed by atoms with Gasteiger partial charge >= 0.3 is 0 Å². The molecule has 1 fully saturated rings. The molecule has 0 atom stereocenters. The number of aromatic nitrogens is 1. The lowest BCUT2D eigenvalue weighted by molar-refractivity contribution is 0.199. The molecule has 1 aromatic heterocycles. The first-order chi connectivity index (χ1) is 10.1. The highest BCUT2D eigenvalue weighted by molar-refractivity contribution is 8.00. The van der Waals surface area contributed by atoms with Crippen LogP contribution >= 0.6 is 11.8 Å². The zero-order chi connectivity index (χ0) is 15.1. The van der Waals surface area contributed by atoms with Crippen molar-refractivity contribution in [2.75, 3.05) is 44.0 Å². The number of methoxy groups -OCH3 is 1. The highest BCUT2D eigenvalue weighted by atomic mass is 32.2. The number of pyridine rings is 1. The zero-order valence-corrected chi connectivity index (χ0v) is 14.2. The molecule has 2 rings (SSSR count). The van der Waals surface area contributed by atoms with Gasteiger partial charge in [-0.25, -0.2) is 4.98 Å². The first-order valence-electron chi connectivity index (χ1n) is 7.64. The van der Waals surface area contributed by atoms with Crippen LogP contribution in [0.2, 0.25) is 0 Å². The van der Waals surface area contributed by atoms with E-state index in [0.29, 0.717) is 4.75 Å². The zero-order valence-electron chi connectivity index (χ0n) is 13.4. The maximum atomic E-state index is 5.02. The van der Waals surface area contributed by atoms with E-state index in [1.807, 2.05) is 6.20 Å². The van der Waals surface area contributed by atoms with E-state index in [-0.39, 0.29) is 0 Å². The van der Waals surface area contributed by atoms with Crippen LogP contribution < -0.4 is 10.2 Å². The maximum absolute atomic E-state index is 5.02. The first-order valence-corrected chi connectivity index (χ1v) is 8.63. The van der Waals surface area contributed by atoms with E-state index in [9.17, 15) is 0 Å². The summed E-state index contributed by atoms with van der Waals surface area (Å²) in [5.41, 5.74) is 1.22. The molecule has 0 radical (unpaired) electrons. The lowest BCUT2D eigenvalue weighted by Crippen LogP contribution is -2.27. The van der Waals surface area contributed by atoms with Crippen molar-refractivity contribution in [2.45, 2.75) is 31.6 Å². The van der Waals surface area contributed by atoms with Crippen LogP contribution in [0.4, 0.5) is 5.82 Å². The summed E-state index contributed by atoms with van der Waals surface area (Å²) >= 11 is 2.07. The number of hydrogen-bond acceptors (Lipinski definition) is 5. The van der Waals surface area contributed by atoms with Gasteiger partial charge in [0, 0.05) is 50.0 Å². The summed E-state index contributed by atoms with van der Waals surface area (Å²) in [5, 5.41) is 3.34. The van der Waals surface area contributed by atoms with Crippen LogP contribution in [-0.4, -0.2) is 48.8 Å². The van der Waals surface area contributed by atoms with E-state index in [1.165, 1.54) is 17.7 Å². The molecule has 21 heavy (non-hydrogen) atoms. The second kappa shape index (κ2) is 8.01. The van der Waals surface area contributed by atoms with E-state index in [0.717, 1.165) is 38.6 Å². The van der Waals surface area contributed by atoms with Crippen molar-refractivity contribution in [2.24, 2.45) is 0 Å². The molecule has 0 bridgehead atoms. The SMILES string of the molecule is COCCNCc1ccc(N2CCSC(C)(C)CC2)nc1. The number of anilines is 1. The van der Waals surface area contributed by atoms with E-state index in [1.54, 1.807) is 7.11 Å². The quantitative estimate of drug-likeness (QED) is 0.817. The van der Waals surface area contributed by atoms with Gasteiger partial charge in [-0.05, 0) is 18.1 Å². The molecule has 0 unspecified atom stereocenters. The minimum atomic E-state index is 0.389. The molecule has 0 aliphatic carbocycles. The average Bonchev–Trinajstić information content (AvgIpc) is 2.65. The van der Waals surface area contributed by atoms with Gasteiger partial charge in [0.2, 0.25) is 0 Å². The van der Waals surface area contributed by atoms with Crippen LogP contribution in [0.25, 0.3) is 0 Å². The fourth-order valence-corrected chi connectivity index (χ4v) is 3.46. The molecular weight excluding hydrogens is 282 g/mol. The van der Waals surface area contributed by atoms with Gasteiger partial charge in [-0.15, -0.1) is 0 Å². The van der Waals surface area contributed by atoms with Crippen molar-refractivity contribution in [3.05, 3.63) is 23.9 Å². The highest BCUT2D eigenvalue weighted by Gasteiger charge is 2.24. The normalized spacial score (nSPS) is 18.5. The fraction of sp³-hybridized carbons (Fsp3) is 0.688. The average molecular weight is 309 g/mol. The van der Waals surface area contributed by atoms with Crippen molar-refractivity contribution < 1.29 is 4.74 Å². The molecule has 118 valence electrons. The fourth-order valence-electron chi connectivity index (χ4n) is 2.36.